The first-order chi connectivity index (χ1) is 16.0. The molecule has 9 nitrogen and oxygen atoms in total. The maximum Gasteiger partial charge on any atom is 0.410 e. The van der Waals surface area contributed by atoms with Gasteiger partial charge in [-0.05, 0) is 58.2 Å². The number of benzene rings is 1. The third-order valence-electron chi connectivity index (χ3n) is 6.45. The lowest BCUT2D eigenvalue weighted by Crippen LogP contribution is -2.46. The van der Waals surface area contributed by atoms with Gasteiger partial charge >= 0.3 is 11.8 Å². The molecule has 1 N–H and O–H groups in total. The van der Waals surface area contributed by atoms with Crippen molar-refractivity contribution < 1.29 is 23.5 Å². The number of alkyl halides is 1. The molecule has 0 aliphatic carbocycles. The van der Waals surface area contributed by atoms with Gasteiger partial charge in [-0.2, -0.15) is 0 Å². The van der Waals surface area contributed by atoms with Crippen LogP contribution in [0.4, 0.5) is 9.18 Å². The summed E-state index contributed by atoms with van der Waals surface area (Å²) < 4.78 is 23.6. The van der Waals surface area contributed by atoms with Gasteiger partial charge in [0.25, 0.3) is 0 Å². The number of nitrogens with one attached hydrogen (secondary N) is 1. The maximum atomic E-state index is 15.2. The number of piperidine rings is 2. The number of aryl methyl sites for hydroxylation is 1. The van der Waals surface area contributed by atoms with Crippen LogP contribution >= 0.6 is 0 Å². The third kappa shape index (κ3) is 4.45. The van der Waals surface area contributed by atoms with E-state index in [2.05, 4.69) is 5.32 Å². The average Bonchev–Trinajstić information content (AvgIpc) is 3.03. The first-order valence-corrected chi connectivity index (χ1v) is 11.7. The Morgan fingerprint density at radius 3 is 2.53 bits per heavy atom. The van der Waals surface area contributed by atoms with Crippen LogP contribution in [0, 0.1) is 0 Å². The summed E-state index contributed by atoms with van der Waals surface area (Å²) >= 11 is 0. The van der Waals surface area contributed by atoms with E-state index >= 15 is 4.39 Å². The number of carbonyl (C=O) groups is 3. The van der Waals surface area contributed by atoms with Crippen LogP contribution in [0.1, 0.15) is 64.5 Å². The summed E-state index contributed by atoms with van der Waals surface area (Å²) in [6.07, 6.45) is -0.955. The lowest BCUT2D eigenvalue weighted by Gasteiger charge is -2.35. The molecule has 2 fully saturated rings. The molecule has 0 saturated carbocycles. The number of ether oxygens (including phenoxy) is 1. The Bertz CT molecular complexity index is 1190. The molecule has 34 heavy (non-hydrogen) atoms. The Morgan fingerprint density at radius 2 is 1.91 bits per heavy atom. The summed E-state index contributed by atoms with van der Waals surface area (Å²) in [5, 5.41) is 2.30. The Balaban J connectivity index is 1.62. The van der Waals surface area contributed by atoms with E-state index in [1.807, 2.05) is 13.0 Å². The molecule has 4 rings (SSSR count). The van der Waals surface area contributed by atoms with Crippen molar-refractivity contribution in [1.82, 2.24) is 19.4 Å². The highest BCUT2D eigenvalue weighted by molar-refractivity contribution is 6.00. The van der Waals surface area contributed by atoms with E-state index in [0.717, 1.165) is 5.56 Å². The highest BCUT2D eigenvalue weighted by atomic mass is 19.1. The topological polar surface area (TPSA) is 103 Å². The molecule has 1 aromatic heterocycles. The molecule has 184 valence electrons. The number of likely N-dealkylation sites (tertiary alicyclic amines) is 1. The standard InChI is InChI=1S/C24H31FN4O5/c1-5-28-19-12-14(15-10-11-27(13-16(15)25)23(33)34-24(2,3)4)6-7-17(19)29(22(28)32)18-8-9-20(30)26-21(18)31/h6-7,12,15-16,18H,5,8-11,13H2,1-4H3,(H,26,30,31)/t15-,16+,18?/m0/s1. The zero-order valence-corrected chi connectivity index (χ0v) is 20.0. The number of rotatable bonds is 3. The molecule has 0 spiro atoms. The normalized spacial score (nSPS) is 23.8. The summed E-state index contributed by atoms with van der Waals surface area (Å²) in [5.41, 5.74) is 0.958. The van der Waals surface area contributed by atoms with E-state index in [1.165, 1.54) is 9.47 Å². The van der Waals surface area contributed by atoms with E-state index in [9.17, 15) is 19.2 Å². The van der Waals surface area contributed by atoms with Crippen LogP contribution in [0.2, 0.25) is 0 Å². The second-order valence-electron chi connectivity index (χ2n) is 9.95. The van der Waals surface area contributed by atoms with Gasteiger partial charge < -0.3 is 9.64 Å². The molecule has 3 amide bonds. The van der Waals surface area contributed by atoms with E-state index in [0.29, 0.717) is 30.5 Å². The zero-order chi connectivity index (χ0) is 24.8. The number of imide groups is 1. The molecule has 1 unspecified atom stereocenters. The predicted octanol–water partition coefficient (Wildman–Crippen LogP) is 2.86. The van der Waals surface area contributed by atoms with Crippen LogP contribution in [-0.2, 0) is 20.9 Å². The fourth-order valence-corrected chi connectivity index (χ4v) is 4.84. The number of halogens is 1. The van der Waals surface area contributed by atoms with Gasteiger partial charge in [0, 0.05) is 25.4 Å². The Hall–Kier alpha value is -3.17. The summed E-state index contributed by atoms with van der Waals surface area (Å²) in [7, 11) is 0. The van der Waals surface area contributed by atoms with Crippen molar-refractivity contribution in [3.8, 4) is 0 Å². The summed E-state index contributed by atoms with van der Waals surface area (Å²) in [5.74, 6) is -1.26. The van der Waals surface area contributed by atoms with Crippen molar-refractivity contribution in [3.63, 3.8) is 0 Å². The molecule has 3 heterocycles. The molecule has 0 radical (unpaired) electrons. The number of amides is 3. The van der Waals surface area contributed by atoms with Gasteiger partial charge in [0.15, 0.2) is 0 Å². The number of imidazole rings is 1. The maximum absolute atomic E-state index is 15.2. The van der Waals surface area contributed by atoms with Crippen LogP contribution < -0.4 is 11.0 Å². The lowest BCUT2D eigenvalue weighted by molar-refractivity contribution is -0.135. The highest BCUT2D eigenvalue weighted by Crippen LogP contribution is 2.33. The van der Waals surface area contributed by atoms with Gasteiger partial charge in [-0.1, -0.05) is 6.07 Å². The Morgan fingerprint density at radius 1 is 1.18 bits per heavy atom. The van der Waals surface area contributed by atoms with Gasteiger partial charge in [0.05, 0.1) is 17.6 Å². The Labute approximate surface area is 196 Å². The molecule has 3 atom stereocenters. The predicted molar refractivity (Wildman–Crippen MR) is 123 cm³/mol. The highest BCUT2D eigenvalue weighted by Gasteiger charge is 2.36. The second-order valence-corrected chi connectivity index (χ2v) is 9.95. The van der Waals surface area contributed by atoms with Crippen LogP contribution in [0.25, 0.3) is 11.0 Å². The quantitative estimate of drug-likeness (QED) is 0.689. The molecule has 10 heteroatoms. The minimum Gasteiger partial charge on any atom is -0.444 e. The van der Waals surface area contributed by atoms with Gasteiger partial charge in [0.1, 0.15) is 17.8 Å². The van der Waals surface area contributed by atoms with Gasteiger partial charge in [0.2, 0.25) is 11.8 Å². The van der Waals surface area contributed by atoms with Crippen molar-refractivity contribution in [3.05, 3.63) is 34.2 Å². The number of carbonyl (C=O) groups excluding carboxylic acids is 3. The molecule has 0 bridgehead atoms. The van der Waals surface area contributed by atoms with Gasteiger partial charge in [-0.3, -0.25) is 24.0 Å². The lowest BCUT2D eigenvalue weighted by atomic mass is 9.88. The molecule has 1 aromatic carbocycles. The smallest absolute Gasteiger partial charge is 0.410 e. The first kappa shape index (κ1) is 24.0. The molecule has 2 aliphatic heterocycles. The average molecular weight is 475 g/mol. The number of hydrogen-bond acceptors (Lipinski definition) is 5. The van der Waals surface area contributed by atoms with Crippen LogP contribution in [0.15, 0.2) is 23.0 Å². The van der Waals surface area contributed by atoms with Crippen molar-refractivity contribution in [2.45, 2.75) is 77.2 Å². The third-order valence-corrected chi connectivity index (χ3v) is 6.45. The van der Waals surface area contributed by atoms with Crippen molar-refractivity contribution in [2.24, 2.45) is 0 Å². The number of fused-ring (bicyclic) bond motifs is 1. The molecule has 2 aliphatic rings. The monoisotopic (exact) mass is 474 g/mol. The molecule has 2 aromatic rings. The van der Waals surface area contributed by atoms with E-state index in [4.69, 9.17) is 4.74 Å². The summed E-state index contributed by atoms with van der Waals surface area (Å²) in [4.78, 5) is 50.9. The van der Waals surface area contributed by atoms with E-state index < -0.39 is 35.7 Å². The van der Waals surface area contributed by atoms with Crippen LogP contribution in [0.3, 0.4) is 0 Å². The Kier molecular flexibility index (Phi) is 6.26. The van der Waals surface area contributed by atoms with E-state index in [1.54, 1.807) is 37.5 Å². The van der Waals surface area contributed by atoms with Crippen molar-refractivity contribution in [1.29, 1.82) is 0 Å². The largest absolute Gasteiger partial charge is 0.444 e. The fraction of sp³-hybridized carbons (Fsp3) is 0.583. The van der Waals surface area contributed by atoms with Crippen molar-refractivity contribution in [2.75, 3.05) is 13.1 Å². The summed E-state index contributed by atoms with van der Waals surface area (Å²) in [6, 6.07) is 4.57. The molecule has 2 saturated heterocycles. The minimum atomic E-state index is -1.28. The number of aromatic nitrogens is 2. The number of nitrogens with zero attached hydrogens (tertiary/aromatic N) is 3. The van der Waals surface area contributed by atoms with Crippen molar-refractivity contribution >= 4 is 28.9 Å². The van der Waals surface area contributed by atoms with E-state index in [-0.39, 0.29) is 31.0 Å². The fourth-order valence-electron chi connectivity index (χ4n) is 4.84. The van der Waals surface area contributed by atoms with Gasteiger partial charge in [-0.25, -0.2) is 14.0 Å². The summed E-state index contributed by atoms with van der Waals surface area (Å²) in [6.45, 7) is 7.84. The SMILES string of the molecule is CCn1c(=O)n(C2CCC(=O)NC2=O)c2ccc([C@@H]3CCN(C(=O)OC(C)(C)C)C[C@H]3F)cc21. The molecular weight excluding hydrogens is 443 g/mol. The molecular formula is C24H31FN4O5. The first-order valence-electron chi connectivity index (χ1n) is 11.7. The number of hydrogen-bond donors (Lipinski definition) is 1. The second kappa shape index (κ2) is 8.88. The zero-order valence-electron chi connectivity index (χ0n) is 20.0. The van der Waals surface area contributed by atoms with Gasteiger partial charge in [-0.15, -0.1) is 0 Å². The van der Waals surface area contributed by atoms with Crippen LogP contribution in [0.5, 0.6) is 0 Å². The van der Waals surface area contributed by atoms with Crippen LogP contribution in [-0.4, -0.2) is 56.8 Å². The minimum absolute atomic E-state index is 0.0600.